The zero-order valence-electron chi connectivity index (χ0n) is 7.89. The predicted octanol–water partition coefficient (Wildman–Crippen LogP) is 4.37. The van der Waals surface area contributed by atoms with Crippen LogP contribution in [0.4, 0.5) is 5.69 Å². The second kappa shape index (κ2) is 5.94. The van der Waals surface area contributed by atoms with Gasteiger partial charge in [0.2, 0.25) is 0 Å². The van der Waals surface area contributed by atoms with Gasteiger partial charge in [-0.3, -0.25) is 0 Å². The molecule has 0 fully saturated rings. The average molecular weight is 230 g/mol. The smallest absolute Gasteiger partial charge is 0.0718 e. The molecule has 0 bridgehead atoms. The number of allylic oxidation sites excluding steroid dienone is 1. The van der Waals surface area contributed by atoms with Gasteiger partial charge >= 0.3 is 0 Å². The van der Waals surface area contributed by atoms with Crippen molar-refractivity contribution >= 4 is 28.9 Å². The Morgan fingerprint density at radius 1 is 1.29 bits per heavy atom. The Labute approximate surface area is 94.7 Å². The monoisotopic (exact) mass is 229 g/mol. The average Bonchev–Trinajstić information content (AvgIpc) is 2.16. The van der Waals surface area contributed by atoms with E-state index in [1.54, 1.807) is 0 Å². The Bertz CT molecular complexity index is 290. The third kappa shape index (κ3) is 3.24. The first-order valence-electron chi connectivity index (χ1n) is 4.54. The Balaban J connectivity index is 2.53. The minimum absolute atomic E-state index is 0.663. The molecule has 0 spiro atoms. The molecule has 0 atom stereocenters. The van der Waals surface area contributed by atoms with E-state index >= 15 is 0 Å². The van der Waals surface area contributed by atoms with Crippen LogP contribution in [-0.2, 0) is 0 Å². The largest absolute Gasteiger partial charge is 0.383 e. The van der Waals surface area contributed by atoms with Gasteiger partial charge in [0.15, 0.2) is 0 Å². The molecule has 0 heterocycles. The molecule has 0 saturated carbocycles. The minimum atomic E-state index is 0.663. The van der Waals surface area contributed by atoms with Crippen LogP contribution in [0, 0.1) is 0 Å². The van der Waals surface area contributed by atoms with Crippen LogP contribution in [0.2, 0.25) is 10.0 Å². The van der Waals surface area contributed by atoms with Gasteiger partial charge in [0.25, 0.3) is 0 Å². The Hall–Kier alpha value is -0.660. The Morgan fingerprint density at radius 3 is 2.50 bits per heavy atom. The van der Waals surface area contributed by atoms with Crippen LogP contribution in [0.15, 0.2) is 30.9 Å². The predicted molar refractivity (Wildman–Crippen MR) is 64.4 cm³/mol. The highest BCUT2D eigenvalue weighted by molar-refractivity contribution is 6.39. The zero-order chi connectivity index (χ0) is 10.4. The number of anilines is 1. The number of rotatable bonds is 5. The van der Waals surface area contributed by atoms with Crippen molar-refractivity contribution in [2.24, 2.45) is 0 Å². The molecule has 0 aliphatic carbocycles. The summed E-state index contributed by atoms with van der Waals surface area (Å²) in [6.07, 6.45) is 3.93. The normalized spacial score (nSPS) is 9.86. The minimum Gasteiger partial charge on any atom is -0.383 e. The SMILES string of the molecule is C=CCCCNc1c(Cl)cccc1Cl. The molecule has 14 heavy (non-hydrogen) atoms. The standard InChI is InChI=1S/C11H13Cl2N/c1-2-3-4-8-14-11-9(12)6-5-7-10(11)13/h2,5-7,14H,1,3-4,8H2. The molecule has 0 unspecified atom stereocenters. The molecular weight excluding hydrogens is 217 g/mol. The van der Waals surface area contributed by atoms with Crippen molar-refractivity contribution in [3.63, 3.8) is 0 Å². The Morgan fingerprint density at radius 2 is 1.93 bits per heavy atom. The molecule has 0 aliphatic heterocycles. The van der Waals surface area contributed by atoms with E-state index in [0.717, 1.165) is 25.1 Å². The topological polar surface area (TPSA) is 12.0 Å². The fourth-order valence-electron chi connectivity index (χ4n) is 1.13. The van der Waals surface area contributed by atoms with Crippen molar-refractivity contribution in [1.82, 2.24) is 0 Å². The van der Waals surface area contributed by atoms with E-state index in [1.165, 1.54) is 0 Å². The van der Waals surface area contributed by atoms with Crippen LogP contribution in [0.1, 0.15) is 12.8 Å². The van der Waals surface area contributed by atoms with Gasteiger partial charge < -0.3 is 5.32 Å². The van der Waals surface area contributed by atoms with Crippen molar-refractivity contribution in [3.8, 4) is 0 Å². The Kier molecular flexibility index (Phi) is 4.85. The summed E-state index contributed by atoms with van der Waals surface area (Å²) >= 11 is 12.0. The van der Waals surface area contributed by atoms with Gasteiger partial charge in [-0.1, -0.05) is 35.3 Å². The number of nitrogens with one attached hydrogen (secondary N) is 1. The van der Waals surface area contributed by atoms with E-state index in [1.807, 2.05) is 24.3 Å². The van der Waals surface area contributed by atoms with Crippen molar-refractivity contribution < 1.29 is 0 Å². The lowest BCUT2D eigenvalue weighted by Gasteiger charge is -2.09. The lowest BCUT2D eigenvalue weighted by Crippen LogP contribution is -2.01. The van der Waals surface area contributed by atoms with Gasteiger partial charge in [-0.05, 0) is 25.0 Å². The maximum absolute atomic E-state index is 5.98. The van der Waals surface area contributed by atoms with Crippen LogP contribution in [-0.4, -0.2) is 6.54 Å². The van der Waals surface area contributed by atoms with Crippen molar-refractivity contribution in [1.29, 1.82) is 0 Å². The number of hydrogen-bond donors (Lipinski definition) is 1. The third-order valence-corrected chi connectivity index (χ3v) is 2.48. The summed E-state index contributed by atoms with van der Waals surface area (Å²) in [6, 6.07) is 5.48. The van der Waals surface area contributed by atoms with Gasteiger partial charge in [0.1, 0.15) is 0 Å². The summed E-state index contributed by atoms with van der Waals surface area (Å²) in [5.41, 5.74) is 0.819. The maximum Gasteiger partial charge on any atom is 0.0718 e. The number of benzene rings is 1. The highest BCUT2D eigenvalue weighted by atomic mass is 35.5. The van der Waals surface area contributed by atoms with Crippen molar-refractivity contribution in [2.45, 2.75) is 12.8 Å². The lowest BCUT2D eigenvalue weighted by molar-refractivity contribution is 0.891. The second-order valence-electron chi connectivity index (χ2n) is 2.95. The van der Waals surface area contributed by atoms with Crippen LogP contribution >= 0.6 is 23.2 Å². The molecule has 1 N–H and O–H groups in total. The molecule has 1 nitrogen and oxygen atoms in total. The van der Waals surface area contributed by atoms with E-state index in [0.29, 0.717) is 10.0 Å². The first kappa shape index (κ1) is 11.4. The molecule has 1 rings (SSSR count). The highest BCUT2D eigenvalue weighted by Crippen LogP contribution is 2.29. The summed E-state index contributed by atoms with van der Waals surface area (Å²) < 4.78 is 0. The maximum atomic E-state index is 5.98. The van der Waals surface area contributed by atoms with E-state index in [4.69, 9.17) is 23.2 Å². The number of para-hydroxylation sites is 1. The quantitative estimate of drug-likeness (QED) is 0.584. The molecule has 0 aromatic heterocycles. The van der Waals surface area contributed by atoms with Gasteiger partial charge in [-0.25, -0.2) is 0 Å². The van der Waals surface area contributed by atoms with Gasteiger partial charge in [0.05, 0.1) is 15.7 Å². The zero-order valence-corrected chi connectivity index (χ0v) is 9.41. The summed E-state index contributed by atoms with van der Waals surface area (Å²) in [7, 11) is 0. The number of halogens is 2. The number of unbranched alkanes of at least 4 members (excludes halogenated alkanes) is 1. The molecule has 1 aromatic rings. The first-order chi connectivity index (χ1) is 6.75. The van der Waals surface area contributed by atoms with E-state index < -0.39 is 0 Å². The highest BCUT2D eigenvalue weighted by Gasteiger charge is 2.02. The van der Waals surface area contributed by atoms with Crippen LogP contribution < -0.4 is 5.32 Å². The molecule has 0 amide bonds. The summed E-state index contributed by atoms with van der Waals surface area (Å²) in [6.45, 7) is 4.52. The van der Waals surface area contributed by atoms with Crippen LogP contribution in [0.5, 0.6) is 0 Å². The molecule has 1 aromatic carbocycles. The van der Waals surface area contributed by atoms with E-state index in [9.17, 15) is 0 Å². The van der Waals surface area contributed by atoms with Crippen molar-refractivity contribution in [3.05, 3.63) is 40.9 Å². The fourth-order valence-corrected chi connectivity index (χ4v) is 1.66. The molecule has 0 saturated heterocycles. The lowest BCUT2D eigenvalue weighted by atomic mass is 10.3. The van der Waals surface area contributed by atoms with Gasteiger partial charge in [0, 0.05) is 6.54 Å². The van der Waals surface area contributed by atoms with Crippen LogP contribution in [0.3, 0.4) is 0 Å². The summed E-state index contributed by atoms with van der Waals surface area (Å²) in [4.78, 5) is 0. The fraction of sp³-hybridized carbons (Fsp3) is 0.273. The number of hydrogen-bond acceptors (Lipinski definition) is 1. The van der Waals surface area contributed by atoms with Gasteiger partial charge in [-0.15, -0.1) is 6.58 Å². The molecule has 76 valence electrons. The molecule has 0 radical (unpaired) electrons. The van der Waals surface area contributed by atoms with E-state index in [2.05, 4.69) is 11.9 Å². The molecular formula is C11H13Cl2N. The summed E-state index contributed by atoms with van der Waals surface area (Å²) in [5, 5.41) is 4.53. The van der Waals surface area contributed by atoms with E-state index in [-0.39, 0.29) is 0 Å². The van der Waals surface area contributed by atoms with Crippen molar-refractivity contribution in [2.75, 3.05) is 11.9 Å². The third-order valence-electron chi connectivity index (χ3n) is 1.85. The van der Waals surface area contributed by atoms with Gasteiger partial charge in [-0.2, -0.15) is 0 Å². The second-order valence-corrected chi connectivity index (χ2v) is 3.77. The summed E-state index contributed by atoms with van der Waals surface area (Å²) in [5.74, 6) is 0. The first-order valence-corrected chi connectivity index (χ1v) is 5.30. The van der Waals surface area contributed by atoms with Crippen LogP contribution in [0.25, 0.3) is 0 Å². The molecule has 3 heteroatoms. The molecule has 0 aliphatic rings.